The number of carbonyl (C=O) groups excluding carboxylic acids is 3. The molecule has 0 unspecified atom stereocenters. The van der Waals surface area contributed by atoms with E-state index in [0.717, 1.165) is 0 Å². The third kappa shape index (κ3) is 6.06. The maximum atomic E-state index is 12.8. The van der Waals surface area contributed by atoms with Crippen LogP contribution < -0.4 is 10.1 Å². The number of rotatable bonds is 8. The lowest BCUT2D eigenvalue weighted by Gasteiger charge is -2.11. The van der Waals surface area contributed by atoms with Crippen molar-refractivity contribution in [3.8, 4) is 5.75 Å². The highest BCUT2D eigenvalue weighted by molar-refractivity contribution is 6.31. The molecule has 7 heteroatoms. The maximum absolute atomic E-state index is 12.8. The molecule has 0 aromatic heterocycles. The average molecular weight is 450 g/mol. The van der Waals surface area contributed by atoms with Crippen LogP contribution in [-0.2, 0) is 14.3 Å². The van der Waals surface area contributed by atoms with Gasteiger partial charge in [-0.05, 0) is 30.3 Å². The summed E-state index contributed by atoms with van der Waals surface area (Å²) in [5.74, 6) is -0.969. The van der Waals surface area contributed by atoms with Gasteiger partial charge in [-0.2, -0.15) is 0 Å². The van der Waals surface area contributed by atoms with Crippen LogP contribution in [0.25, 0.3) is 6.08 Å². The van der Waals surface area contributed by atoms with Gasteiger partial charge in [0.1, 0.15) is 5.75 Å². The van der Waals surface area contributed by atoms with Gasteiger partial charge in [0.05, 0.1) is 12.8 Å². The normalized spacial score (nSPS) is 10.6. The molecule has 0 saturated carbocycles. The zero-order valence-corrected chi connectivity index (χ0v) is 18.0. The van der Waals surface area contributed by atoms with Gasteiger partial charge in [-0.15, -0.1) is 0 Å². The van der Waals surface area contributed by atoms with Crippen molar-refractivity contribution in [2.24, 2.45) is 0 Å². The number of esters is 1. The van der Waals surface area contributed by atoms with Crippen molar-refractivity contribution in [2.75, 3.05) is 19.0 Å². The quantitative estimate of drug-likeness (QED) is 0.304. The number of hydrogen-bond acceptors (Lipinski definition) is 5. The molecular weight excluding hydrogens is 430 g/mol. The van der Waals surface area contributed by atoms with Crippen LogP contribution in [-0.4, -0.2) is 31.4 Å². The molecule has 0 heterocycles. The predicted octanol–water partition coefficient (Wildman–Crippen LogP) is 4.77. The molecule has 0 aliphatic rings. The van der Waals surface area contributed by atoms with Crippen molar-refractivity contribution in [1.29, 1.82) is 0 Å². The summed E-state index contributed by atoms with van der Waals surface area (Å²) in [6.07, 6.45) is 2.74. The van der Waals surface area contributed by atoms with E-state index in [1.165, 1.54) is 31.4 Å². The molecule has 162 valence electrons. The minimum Gasteiger partial charge on any atom is -0.496 e. The van der Waals surface area contributed by atoms with Gasteiger partial charge in [0.2, 0.25) is 0 Å². The van der Waals surface area contributed by atoms with Gasteiger partial charge in [-0.25, -0.2) is 4.79 Å². The van der Waals surface area contributed by atoms with Gasteiger partial charge >= 0.3 is 5.97 Å². The lowest BCUT2D eigenvalue weighted by molar-refractivity contribution is -0.142. The first-order chi connectivity index (χ1) is 15.5. The van der Waals surface area contributed by atoms with Crippen LogP contribution in [0.5, 0.6) is 5.75 Å². The fraction of sp³-hybridized carbons (Fsp3) is 0.0800. The number of methoxy groups -OCH3 is 1. The summed E-state index contributed by atoms with van der Waals surface area (Å²) >= 11 is 6.04. The Morgan fingerprint density at radius 3 is 2.44 bits per heavy atom. The highest BCUT2D eigenvalue weighted by Gasteiger charge is 2.16. The number of hydrogen-bond donors (Lipinski definition) is 1. The Kier molecular flexibility index (Phi) is 7.78. The number of benzene rings is 3. The van der Waals surface area contributed by atoms with Crippen molar-refractivity contribution in [3.63, 3.8) is 0 Å². The zero-order valence-electron chi connectivity index (χ0n) is 17.2. The van der Waals surface area contributed by atoms with E-state index in [2.05, 4.69) is 5.32 Å². The topological polar surface area (TPSA) is 81.7 Å². The van der Waals surface area contributed by atoms with E-state index in [4.69, 9.17) is 21.1 Å². The standard InChI is InChI=1S/C25H20ClNO5/c1-31-22-10-6-5-7-17(22)11-14-24(29)32-16-23(28)27-21-13-12-19(26)15-20(21)25(30)18-8-3-2-4-9-18/h2-15H,16H2,1H3,(H,27,28)/b14-11+. The summed E-state index contributed by atoms with van der Waals surface area (Å²) in [4.78, 5) is 37.1. The zero-order chi connectivity index (χ0) is 22.9. The lowest BCUT2D eigenvalue weighted by atomic mass is 10.0. The molecule has 0 bridgehead atoms. The second-order valence-corrected chi connectivity index (χ2v) is 7.05. The molecule has 0 atom stereocenters. The number of para-hydroxylation sites is 1. The molecule has 3 aromatic carbocycles. The minimum atomic E-state index is -0.692. The predicted molar refractivity (Wildman–Crippen MR) is 123 cm³/mol. The molecule has 3 rings (SSSR count). The summed E-state index contributed by atoms with van der Waals surface area (Å²) < 4.78 is 10.2. The monoisotopic (exact) mass is 449 g/mol. The summed E-state index contributed by atoms with van der Waals surface area (Å²) in [7, 11) is 1.53. The van der Waals surface area contributed by atoms with Gasteiger partial charge in [-0.3, -0.25) is 9.59 Å². The average Bonchev–Trinajstić information content (AvgIpc) is 2.82. The molecule has 0 aliphatic heterocycles. The summed E-state index contributed by atoms with van der Waals surface area (Å²) in [6, 6.07) is 20.4. The van der Waals surface area contributed by atoms with Gasteiger partial charge < -0.3 is 14.8 Å². The van der Waals surface area contributed by atoms with E-state index >= 15 is 0 Å². The number of anilines is 1. The number of ether oxygens (including phenoxy) is 2. The van der Waals surface area contributed by atoms with E-state index in [1.54, 1.807) is 54.6 Å². The molecule has 0 fully saturated rings. The van der Waals surface area contributed by atoms with Gasteiger partial charge in [0.15, 0.2) is 12.4 Å². The van der Waals surface area contributed by atoms with Crippen LogP contribution in [0.4, 0.5) is 5.69 Å². The maximum Gasteiger partial charge on any atom is 0.331 e. The van der Waals surface area contributed by atoms with Crippen molar-refractivity contribution >= 4 is 41.0 Å². The Morgan fingerprint density at radius 2 is 1.69 bits per heavy atom. The highest BCUT2D eigenvalue weighted by Crippen LogP contribution is 2.24. The van der Waals surface area contributed by atoms with Crippen LogP contribution in [0.15, 0.2) is 78.9 Å². The van der Waals surface area contributed by atoms with Gasteiger partial charge in [0.25, 0.3) is 5.91 Å². The fourth-order valence-electron chi connectivity index (χ4n) is 2.89. The number of amides is 1. The Bertz CT molecular complexity index is 1160. The first-order valence-corrected chi connectivity index (χ1v) is 10.0. The third-order valence-corrected chi connectivity index (χ3v) is 4.65. The number of nitrogens with one attached hydrogen (secondary N) is 1. The van der Waals surface area contributed by atoms with Gasteiger partial charge in [-0.1, -0.05) is 60.1 Å². The number of carbonyl (C=O) groups is 3. The smallest absolute Gasteiger partial charge is 0.331 e. The minimum absolute atomic E-state index is 0.236. The third-order valence-electron chi connectivity index (χ3n) is 4.42. The molecule has 0 aliphatic carbocycles. The van der Waals surface area contributed by atoms with Crippen molar-refractivity contribution in [1.82, 2.24) is 0 Å². The fourth-order valence-corrected chi connectivity index (χ4v) is 3.06. The largest absolute Gasteiger partial charge is 0.496 e. The molecule has 6 nitrogen and oxygen atoms in total. The summed E-state index contributed by atoms with van der Waals surface area (Å²) in [5, 5.41) is 2.95. The second kappa shape index (κ2) is 10.9. The Hall–Kier alpha value is -3.90. The second-order valence-electron chi connectivity index (χ2n) is 6.62. The van der Waals surface area contributed by atoms with E-state index in [-0.39, 0.29) is 17.0 Å². The van der Waals surface area contributed by atoms with Crippen LogP contribution in [0.3, 0.4) is 0 Å². The molecule has 0 radical (unpaired) electrons. The number of halogens is 1. The van der Waals surface area contributed by atoms with Crippen LogP contribution in [0, 0.1) is 0 Å². The SMILES string of the molecule is COc1ccccc1/C=C/C(=O)OCC(=O)Nc1ccc(Cl)cc1C(=O)c1ccccc1. The molecule has 1 amide bonds. The van der Waals surface area contributed by atoms with Crippen LogP contribution in [0.2, 0.25) is 5.02 Å². The van der Waals surface area contributed by atoms with E-state index in [1.807, 2.05) is 6.07 Å². The summed E-state index contributed by atoms with van der Waals surface area (Å²) in [6.45, 7) is -0.517. The molecule has 1 N–H and O–H groups in total. The highest BCUT2D eigenvalue weighted by atomic mass is 35.5. The van der Waals surface area contributed by atoms with Crippen molar-refractivity contribution in [3.05, 3.63) is 101 Å². The Balaban J connectivity index is 1.63. The van der Waals surface area contributed by atoms with Crippen LogP contribution >= 0.6 is 11.6 Å². The molecule has 32 heavy (non-hydrogen) atoms. The number of ketones is 1. The Labute approximate surface area is 190 Å². The first kappa shape index (κ1) is 22.8. The first-order valence-electron chi connectivity index (χ1n) is 9.65. The molecular formula is C25H20ClNO5. The van der Waals surface area contributed by atoms with E-state index in [0.29, 0.717) is 21.9 Å². The van der Waals surface area contributed by atoms with Crippen molar-refractivity contribution < 1.29 is 23.9 Å². The van der Waals surface area contributed by atoms with E-state index < -0.39 is 18.5 Å². The van der Waals surface area contributed by atoms with E-state index in [9.17, 15) is 14.4 Å². The molecule has 0 saturated heterocycles. The van der Waals surface area contributed by atoms with Gasteiger partial charge in [0, 0.05) is 27.8 Å². The Morgan fingerprint density at radius 1 is 0.969 bits per heavy atom. The summed E-state index contributed by atoms with van der Waals surface area (Å²) in [5.41, 5.74) is 1.66. The molecule has 0 spiro atoms. The molecule has 3 aromatic rings. The van der Waals surface area contributed by atoms with Crippen molar-refractivity contribution in [2.45, 2.75) is 0 Å². The lowest BCUT2D eigenvalue weighted by Crippen LogP contribution is -2.21. The van der Waals surface area contributed by atoms with Crippen LogP contribution in [0.1, 0.15) is 21.5 Å².